The topological polar surface area (TPSA) is 75.9 Å². The molecular weight excluding hydrogens is 316 g/mol. The Morgan fingerprint density at radius 1 is 1.20 bits per heavy atom. The number of aromatic nitrogens is 4. The molecule has 1 aliphatic rings. The van der Waals surface area contributed by atoms with Crippen LogP contribution in [0.1, 0.15) is 47.2 Å². The number of carbonyl (C=O) groups excluding carboxylic acids is 1. The third kappa shape index (κ3) is 3.65. The molecule has 1 fully saturated rings. The third-order valence-corrected chi connectivity index (χ3v) is 4.83. The zero-order valence-corrected chi connectivity index (χ0v) is 15.4. The number of likely N-dealkylation sites (tertiary alicyclic amines) is 1. The summed E-state index contributed by atoms with van der Waals surface area (Å²) in [5.74, 6) is 0.898. The van der Waals surface area contributed by atoms with E-state index in [1.54, 1.807) is 0 Å². The standard InChI is InChI=1S/C18H26N6O/c1-5-24-14(4)17(13(3)22-24)18(25)23-10-8-15(9-11-23)19-16-7-6-12(2)20-21-16/h6-7,15H,5,8-11H2,1-4H3,(H,19,21). The number of aryl methyl sites for hydroxylation is 3. The molecule has 1 aliphatic heterocycles. The molecular formula is C18H26N6O. The van der Waals surface area contributed by atoms with Gasteiger partial charge in [-0.25, -0.2) is 0 Å². The summed E-state index contributed by atoms with van der Waals surface area (Å²) in [6.45, 7) is 10.1. The fourth-order valence-electron chi connectivity index (χ4n) is 3.38. The average molecular weight is 342 g/mol. The molecule has 2 aromatic heterocycles. The number of nitrogens with zero attached hydrogens (tertiary/aromatic N) is 5. The molecule has 3 heterocycles. The number of anilines is 1. The number of carbonyl (C=O) groups is 1. The van der Waals surface area contributed by atoms with E-state index in [-0.39, 0.29) is 5.91 Å². The Hall–Kier alpha value is -2.44. The first-order valence-electron chi connectivity index (χ1n) is 8.89. The Morgan fingerprint density at radius 3 is 2.48 bits per heavy atom. The molecule has 7 nitrogen and oxygen atoms in total. The SMILES string of the molecule is CCn1nc(C)c(C(=O)N2CCC(Nc3ccc(C)nn3)CC2)c1C. The maximum atomic E-state index is 12.9. The molecule has 25 heavy (non-hydrogen) atoms. The van der Waals surface area contributed by atoms with Crippen molar-refractivity contribution in [3.63, 3.8) is 0 Å². The van der Waals surface area contributed by atoms with E-state index < -0.39 is 0 Å². The van der Waals surface area contributed by atoms with Gasteiger partial charge in [-0.05, 0) is 52.7 Å². The minimum absolute atomic E-state index is 0.100. The first kappa shape index (κ1) is 17.4. The van der Waals surface area contributed by atoms with E-state index >= 15 is 0 Å². The first-order chi connectivity index (χ1) is 12.0. The quantitative estimate of drug-likeness (QED) is 0.923. The van der Waals surface area contributed by atoms with Crippen LogP contribution in [-0.2, 0) is 6.54 Å². The van der Waals surface area contributed by atoms with Crippen LogP contribution in [0.4, 0.5) is 5.82 Å². The van der Waals surface area contributed by atoms with E-state index in [1.807, 2.05) is 49.4 Å². The summed E-state index contributed by atoms with van der Waals surface area (Å²) in [7, 11) is 0. The van der Waals surface area contributed by atoms with Gasteiger partial charge in [0.25, 0.3) is 5.91 Å². The van der Waals surface area contributed by atoms with E-state index in [0.717, 1.165) is 60.9 Å². The summed E-state index contributed by atoms with van der Waals surface area (Å²) in [6, 6.07) is 4.22. The second-order valence-corrected chi connectivity index (χ2v) is 6.63. The zero-order valence-electron chi connectivity index (χ0n) is 15.4. The number of nitrogens with one attached hydrogen (secondary N) is 1. The summed E-state index contributed by atoms with van der Waals surface area (Å²) >= 11 is 0. The molecule has 134 valence electrons. The van der Waals surface area contributed by atoms with Crippen LogP contribution >= 0.6 is 0 Å². The van der Waals surface area contributed by atoms with Crippen molar-refractivity contribution in [2.45, 2.75) is 53.1 Å². The van der Waals surface area contributed by atoms with Gasteiger partial charge in [-0.3, -0.25) is 9.48 Å². The average Bonchev–Trinajstić information content (AvgIpc) is 2.91. The van der Waals surface area contributed by atoms with Crippen LogP contribution in [0.25, 0.3) is 0 Å². The lowest BCUT2D eigenvalue weighted by Gasteiger charge is -2.32. The van der Waals surface area contributed by atoms with E-state index in [9.17, 15) is 4.79 Å². The fraction of sp³-hybridized carbons (Fsp3) is 0.556. The van der Waals surface area contributed by atoms with Crippen molar-refractivity contribution in [1.29, 1.82) is 0 Å². The molecule has 1 N–H and O–H groups in total. The highest BCUT2D eigenvalue weighted by atomic mass is 16.2. The number of piperidine rings is 1. The van der Waals surface area contributed by atoms with Crippen LogP contribution in [0.5, 0.6) is 0 Å². The molecule has 0 aliphatic carbocycles. The summed E-state index contributed by atoms with van der Waals surface area (Å²) in [5, 5.41) is 16.1. The van der Waals surface area contributed by atoms with Gasteiger partial charge in [-0.1, -0.05) is 0 Å². The van der Waals surface area contributed by atoms with Crippen LogP contribution in [0.3, 0.4) is 0 Å². The number of rotatable bonds is 4. The van der Waals surface area contributed by atoms with Gasteiger partial charge in [-0.2, -0.15) is 10.2 Å². The van der Waals surface area contributed by atoms with Crippen molar-refractivity contribution in [3.8, 4) is 0 Å². The van der Waals surface area contributed by atoms with Gasteiger partial charge >= 0.3 is 0 Å². The summed E-state index contributed by atoms with van der Waals surface area (Å²) in [5.41, 5.74) is 3.45. The number of hydrogen-bond donors (Lipinski definition) is 1. The molecule has 1 saturated heterocycles. The molecule has 7 heteroatoms. The molecule has 3 rings (SSSR count). The lowest BCUT2D eigenvalue weighted by Crippen LogP contribution is -2.42. The predicted octanol–water partition coefficient (Wildman–Crippen LogP) is 2.33. The number of hydrogen-bond acceptors (Lipinski definition) is 5. The van der Waals surface area contributed by atoms with Crippen LogP contribution in [0.2, 0.25) is 0 Å². The maximum Gasteiger partial charge on any atom is 0.257 e. The first-order valence-corrected chi connectivity index (χ1v) is 8.89. The molecule has 0 saturated carbocycles. The van der Waals surface area contributed by atoms with Crippen LogP contribution < -0.4 is 5.32 Å². The summed E-state index contributed by atoms with van der Waals surface area (Å²) in [6.07, 6.45) is 1.81. The van der Waals surface area contributed by atoms with Gasteiger partial charge in [0, 0.05) is 31.4 Å². The van der Waals surface area contributed by atoms with E-state index in [1.165, 1.54) is 0 Å². The molecule has 0 unspecified atom stereocenters. The second kappa shape index (κ2) is 7.21. The largest absolute Gasteiger partial charge is 0.366 e. The predicted molar refractivity (Wildman–Crippen MR) is 96.7 cm³/mol. The van der Waals surface area contributed by atoms with Gasteiger partial charge < -0.3 is 10.2 Å². The highest BCUT2D eigenvalue weighted by molar-refractivity contribution is 5.96. The summed E-state index contributed by atoms with van der Waals surface area (Å²) < 4.78 is 1.90. The van der Waals surface area contributed by atoms with Gasteiger partial charge in [0.15, 0.2) is 0 Å². The Morgan fingerprint density at radius 2 is 1.92 bits per heavy atom. The smallest absolute Gasteiger partial charge is 0.257 e. The van der Waals surface area contributed by atoms with Crippen molar-refractivity contribution < 1.29 is 4.79 Å². The van der Waals surface area contributed by atoms with E-state index in [4.69, 9.17) is 0 Å². The molecule has 0 spiro atoms. The highest BCUT2D eigenvalue weighted by Crippen LogP contribution is 2.20. The van der Waals surface area contributed by atoms with Crippen LogP contribution in [-0.4, -0.2) is 49.9 Å². The van der Waals surface area contributed by atoms with E-state index in [2.05, 4.69) is 20.6 Å². The minimum atomic E-state index is 0.100. The van der Waals surface area contributed by atoms with Crippen molar-refractivity contribution >= 4 is 11.7 Å². The summed E-state index contributed by atoms with van der Waals surface area (Å²) in [4.78, 5) is 14.8. The fourth-order valence-corrected chi connectivity index (χ4v) is 3.38. The van der Waals surface area contributed by atoms with Crippen molar-refractivity contribution in [3.05, 3.63) is 34.8 Å². The molecule has 0 bridgehead atoms. The lowest BCUT2D eigenvalue weighted by atomic mass is 10.0. The maximum absolute atomic E-state index is 12.9. The molecule has 0 radical (unpaired) electrons. The van der Waals surface area contributed by atoms with Crippen molar-refractivity contribution in [1.82, 2.24) is 24.9 Å². The van der Waals surface area contributed by atoms with Crippen molar-refractivity contribution in [2.24, 2.45) is 0 Å². The normalized spacial score (nSPS) is 15.4. The Labute approximate surface area is 148 Å². The second-order valence-electron chi connectivity index (χ2n) is 6.63. The van der Waals surface area contributed by atoms with Gasteiger partial charge in [0.05, 0.1) is 17.0 Å². The molecule has 0 aromatic carbocycles. The van der Waals surface area contributed by atoms with Crippen LogP contribution in [0, 0.1) is 20.8 Å². The molecule has 1 amide bonds. The number of amides is 1. The van der Waals surface area contributed by atoms with Gasteiger partial charge in [-0.15, -0.1) is 5.10 Å². The minimum Gasteiger partial charge on any atom is -0.366 e. The van der Waals surface area contributed by atoms with Crippen molar-refractivity contribution in [2.75, 3.05) is 18.4 Å². The molecule has 0 atom stereocenters. The molecule has 2 aromatic rings. The third-order valence-electron chi connectivity index (χ3n) is 4.83. The zero-order chi connectivity index (χ0) is 18.0. The lowest BCUT2D eigenvalue weighted by molar-refractivity contribution is 0.0717. The van der Waals surface area contributed by atoms with Gasteiger partial charge in [0.2, 0.25) is 0 Å². The van der Waals surface area contributed by atoms with Crippen LogP contribution in [0.15, 0.2) is 12.1 Å². The monoisotopic (exact) mass is 342 g/mol. The Balaban J connectivity index is 1.61. The van der Waals surface area contributed by atoms with Gasteiger partial charge in [0.1, 0.15) is 5.82 Å². The Kier molecular flexibility index (Phi) is 5.01. The van der Waals surface area contributed by atoms with E-state index in [0.29, 0.717) is 6.04 Å². The Bertz CT molecular complexity index is 744. The highest BCUT2D eigenvalue weighted by Gasteiger charge is 2.27.